The average Bonchev–Trinajstić information content (AvgIpc) is 2.92. The zero-order chi connectivity index (χ0) is 12.8. The highest BCUT2D eigenvalue weighted by Crippen LogP contribution is 2.33. The van der Waals surface area contributed by atoms with Crippen molar-refractivity contribution in [3.63, 3.8) is 0 Å². The van der Waals surface area contributed by atoms with Gasteiger partial charge in [-0.05, 0) is 57.2 Å². The summed E-state index contributed by atoms with van der Waals surface area (Å²) < 4.78 is 5.79. The molecule has 2 heterocycles. The van der Waals surface area contributed by atoms with Crippen LogP contribution in [0.2, 0.25) is 0 Å². The first kappa shape index (κ1) is 14.3. The highest BCUT2D eigenvalue weighted by molar-refractivity contribution is 4.87. The average molecular weight is 254 g/mol. The van der Waals surface area contributed by atoms with Gasteiger partial charge in [-0.15, -0.1) is 0 Å². The molecular formula is C15H30N2O. The third kappa shape index (κ3) is 3.69. The molecule has 0 aromatic heterocycles. The van der Waals surface area contributed by atoms with Crippen LogP contribution in [0.25, 0.3) is 0 Å². The van der Waals surface area contributed by atoms with Crippen LogP contribution < -0.4 is 5.32 Å². The molecule has 2 aliphatic rings. The number of rotatable bonds is 6. The molecule has 3 heteroatoms. The fourth-order valence-corrected chi connectivity index (χ4v) is 3.44. The Morgan fingerprint density at radius 2 is 2.06 bits per heavy atom. The summed E-state index contributed by atoms with van der Waals surface area (Å²) in [5.41, 5.74) is 0.555. The van der Waals surface area contributed by atoms with Crippen LogP contribution in [0.3, 0.4) is 0 Å². The van der Waals surface area contributed by atoms with E-state index in [1.54, 1.807) is 0 Å². The van der Waals surface area contributed by atoms with E-state index in [1.807, 2.05) is 0 Å². The molecule has 2 fully saturated rings. The number of nitrogens with one attached hydrogen (secondary N) is 1. The summed E-state index contributed by atoms with van der Waals surface area (Å²) in [6, 6.07) is 0. The predicted octanol–water partition coefficient (Wildman–Crippen LogP) is 2.27. The molecule has 18 heavy (non-hydrogen) atoms. The highest BCUT2D eigenvalue weighted by atomic mass is 16.5. The number of hydrogen-bond donors (Lipinski definition) is 1. The van der Waals surface area contributed by atoms with Crippen molar-refractivity contribution in [2.24, 2.45) is 5.41 Å². The maximum atomic E-state index is 5.79. The lowest BCUT2D eigenvalue weighted by atomic mass is 9.76. The summed E-state index contributed by atoms with van der Waals surface area (Å²) in [5, 5.41) is 3.49. The lowest BCUT2D eigenvalue weighted by Gasteiger charge is -2.41. The van der Waals surface area contributed by atoms with E-state index in [-0.39, 0.29) is 0 Å². The van der Waals surface area contributed by atoms with E-state index in [4.69, 9.17) is 4.74 Å². The highest BCUT2D eigenvalue weighted by Gasteiger charge is 2.32. The van der Waals surface area contributed by atoms with Gasteiger partial charge in [0.25, 0.3) is 0 Å². The summed E-state index contributed by atoms with van der Waals surface area (Å²) in [4.78, 5) is 2.63. The maximum absolute atomic E-state index is 5.79. The van der Waals surface area contributed by atoms with Crippen molar-refractivity contribution in [2.45, 2.75) is 52.1 Å². The molecule has 1 N–H and O–H groups in total. The van der Waals surface area contributed by atoms with Gasteiger partial charge in [0.05, 0.1) is 6.10 Å². The van der Waals surface area contributed by atoms with Gasteiger partial charge >= 0.3 is 0 Å². The van der Waals surface area contributed by atoms with Gasteiger partial charge in [0.2, 0.25) is 0 Å². The molecule has 0 aromatic rings. The first-order chi connectivity index (χ1) is 8.78. The maximum Gasteiger partial charge on any atom is 0.0702 e. The SMILES string of the molecule is CCN(CC1CCCO1)CC1(CC)CCNCC1. The first-order valence-electron chi connectivity index (χ1n) is 7.83. The minimum atomic E-state index is 0.501. The molecule has 2 saturated heterocycles. The van der Waals surface area contributed by atoms with Gasteiger partial charge in [0.15, 0.2) is 0 Å². The third-order valence-corrected chi connectivity index (χ3v) is 4.91. The van der Waals surface area contributed by atoms with E-state index in [0.29, 0.717) is 11.5 Å². The Kier molecular flexibility index (Phi) is 5.46. The molecule has 0 radical (unpaired) electrons. The zero-order valence-corrected chi connectivity index (χ0v) is 12.2. The summed E-state index contributed by atoms with van der Waals surface area (Å²) in [6.45, 7) is 11.6. The third-order valence-electron chi connectivity index (χ3n) is 4.91. The summed E-state index contributed by atoms with van der Waals surface area (Å²) in [7, 11) is 0. The normalized spacial score (nSPS) is 27.8. The summed E-state index contributed by atoms with van der Waals surface area (Å²) in [6.07, 6.45) is 7.01. The quantitative estimate of drug-likeness (QED) is 0.787. The standard InChI is InChI=1S/C15H30N2O/c1-3-15(7-9-16-10-8-15)13-17(4-2)12-14-6-5-11-18-14/h14,16H,3-13H2,1-2H3. The van der Waals surface area contributed by atoms with Crippen molar-refractivity contribution >= 4 is 0 Å². The Morgan fingerprint density at radius 3 is 2.61 bits per heavy atom. The van der Waals surface area contributed by atoms with Crippen LogP contribution in [0.5, 0.6) is 0 Å². The van der Waals surface area contributed by atoms with Gasteiger partial charge in [-0.2, -0.15) is 0 Å². The van der Waals surface area contributed by atoms with Crippen LogP contribution in [0.1, 0.15) is 46.0 Å². The van der Waals surface area contributed by atoms with E-state index in [2.05, 4.69) is 24.1 Å². The van der Waals surface area contributed by atoms with Crippen molar-refractivity contribution in [1.82, 2.24) is 10.2 Å². The van der Waals surface area contributed by atoms with Crippen molar-refractivity contribution < 1.29 is 4.74 Å². The van der Waals surface area contributed by atoms with Crippen LogP contribution in [-0.4, -0.2) is 50.3 Å². The Hall–Kier alpha value is -0.120. The van der Waals surface area contributed by atoms with E-state index < -0.39 is 0 Å². The topological polar surface area (TPSA) is 24.5 Å². The fraction of sp³-hybridized carbons (Fsp3) is 1.00. The number of ether oxygens (including phenoxy) is 1. The second-order valence-electron chi connectivity index (χ2n) is 6.07. The Balaban J connectivity index is 1.86. The van der Waals surface area contributed by atoms with E-state index in [1.165, 1.54) is 51.7 Å². The van der Waals surface area contributed by atoms with E-state index >= 15 is 0 Å². The molecule has 1 unspecified atom stereocenters. The molecule has 0 bridgehead atoms. The van der Waals surface area contributed by atoms with Gasteiger partial charge < -0.3 is 15.0 Å². The summed E-state index contributed by atoms with van der Waals surface area (Å²) >= 11 is 0. The number of likely N-dealkylation sites (N-methyl/N-ethyl adjacent to an activating group) is 1. The fourth-order valence-electron chi connectivity index (χ4n) is 3.44. The molecule has 0 aliphatic carbocycles. The monoisotopic (exact) mass is 254 g/mol. The van der Waals surface area contributed by atoms with Gasteiger partial charge in [0, 0.05) is 19.7 Å². The molecule has 106 valence electrons. The number of piperidine rings is 1. The van der Waals surface area contributed by atoms with Crippen LogP contribution in [0.4, 0.5) is 0 Å². The van der Waals surface area contributed by atoms with Crippen molar-refractivity contribution in [1.29, 1.82) is 0 Å². The molecule has 0 aromatic carbocycles. The first-order valence-corrected chi connectivity index (χ1v) is 7.83. The Labute approximate surface area is 112 Å². The number of nitrogens with zero attached hydrogens (tertiary/aromatic N) is 1. The molecule has 2 aliphatic heterocycles. The molecular weight excluding hydrogens is 224 g/mol. The molecule has 0 saturated carbocycles. The second-order valence-corrected chi connectivity index (χ2v) is 6.07. The van der Waals surface area contributed by atoms with Crippen molar-refractivity contribution in [2.75, 3.05) is 39.3 Å². The van der Waals surface area contributed by atoms with Crippen LogP contribution in [0.15, 0.2) is 0 Å². The van der Waals surface area contributed by atoms with Crippen LogP contribution >= 0.6 is 0 Å². The van der Waals surface area contributed by atoms with Crippen molar-refractivity contribution in [3.05, 3.63) is 0 Å². The Morgan fingerprint density at radius 1 is 1.28 bits per heavy atom. The predicted molar refractivity (Wildman–Crippen MR) is 75.9 cm³/mol. The van der Waals surface area contributed by atoms with Crippen LogP contribution in [0, 0.1) is 5.41 Å². The van der Waals surface area contributed by atoms with Crippen LogP contribution in [-0.2, 0) is 4.74 Å². The van der Waals surface area contributed by atoms with E-state index in [9.17, 15) is 0 Å². The molecule has 0 amide bonds. The van der Waals surface area contributed by atoms with Crippen molar-refractivity contribution in [3.8, 4) is 0 Å². The van der Waals surface area contributed by atoms with Gasteiger partial charge in [-0.1, -0.05) is 13.8 Å². The minimum absolute atomic E-state index is 0.501. The molecule has 2 rings (SSSR count). The number of hydrogen-bond acceptors (Lipinski definition) is 3. The Bertz CT molecular complexity index is 233. The lowest BCUT2D eigenvalue weighted by Crippen LogP contribution is -2.46. The summed E-state index contributed by atoms with van der Waals surface area (Å²) in [5.74, 6) is 0. The molecule has 3 nitrogen and oxygen atoms in total. The van der Waals surface area contributed by atoms with E-state index in [0.717, 1.165) is 19.7 Å². The zero-order valence-electron chi connectivity index (χ0n) is 12.2. The second kappa shape index (κ2) is 6.88. The molecule has 1 atom stereocenters. The smallest absolute Gasteiger partial charge is 0.0702 e. The van der Waals surface area contributed by atoms with Gasteiger partial charge in [-0.3, -0.25) is 0 Å². The molecule has 0 spiro atoms. The largest absolute Gasteiger partial charge is 0.377 e. The lowest BCUT2D eigenvalue weighted by molar-refractivity contribution is 0.0457. The van der Waals surface area contributed by atoms with Gasteiger partial charge in [-0.25, -0.2) is 0 Å². The minimum Gasteiger partial charge on any atom is -0.377 e. The van der Waals surface area contributed by atoms with Gasteiger partial charge in [0.1, 0.15) is 0 Å².